The molecule has 19 heavy (non-hydrogen) atoms. The summed E-state index contributed by atoms with van der Waals surface area (Å²) in [5.41, 5.74) is 0.948. The van der Waals surface area contributed by atoms with Crippen LogP contribution < -0.4 is 0 Å². The highest BCUT2D eigenvalue weighted by molar-refractivity contribution is 6.30. The lowest BCUT2D eigenvalue weighted by molar-refractivity contribution is 0.0594. The number of hydrogen-bond acceptors (Lipinski definition) is 4. The van der Waals surface area contributed by atoms with Crippen LogP contribution in [0, 0.1) is 0 Å². The Labute approximate surface area is 114 Å². The lowest BCUT2D eigenvalue weighted by Crippen LogP contribution is -2.00. The molecule has 1 aromatic heterocycles. The van der Waals surface area contributed by atoms with Gasteiger partial charge in [-0.1, -0.05) is 23.7 Å². The second-order valence-electron chi connectivity index (χ2n) is 3.97. The zero-order valence-electron chi connectivity index (χ0n) is 10.1. The van der Waals surface area contributed by atoms with E-state index < -0.39 is 11.8 Å². The largest absolute Gasteiger partial charge is 0.505 e. The number of methoxy groups -OCH3 is 1. The summed E-state index contributed by atoms with van der Waals surface area (Å²) in [4.78, 5) is 13.9. The van der Waals surface area contributed by atoms with E-state index >= 15 is 0 Å². The highest BCUT2D eigenvalue weighted by Crippen LogP contribution is 2.32. The quantitative estimate of drug-likeness (QED) is 0.755. The van der Waals surface area contributed by atoms with Gasteiger partial charge in [0, 0.05) is 11.4 Å². The van der Waals surface area contributed by atoms with Gasteiger partial charge < -0.3 is 19.9 Å². The number of carbonyl (C=O) groups excluding carboxylic acids is 1. The van der Waals surface area contributed by atoms with Crippen LogP contribution in [-0.2, 0) is 11.2 Å². The number of ether oxygens (including phenoxy) is 1. The summed E-state index contributed by atoms with van der Waals surface area (Å²) >= 11 is 5.78. The molecule has 1 heterocycles. The fourth-order valence-electron chi connectivity index (χ4n) is 1.76. The van der Waals surface area contributed by atoms with Crippen LogP contribution in [0.2, 0.25) is 5.02 Å². The van der Waals surface area contributed by atoms with Gasteiger partial charge in [0.15, 0.2) is 11.3 Å². The van der Waals surface area contributed by atoms with E-state index in [0.29, 0.717) is 17.1 Å². The van der Waals surface area contributed by atoms with Crippen LogP contribution in [0.4, 0.5) is 0 Å². The van der Waals surface area contributed by atoms with Crippen molar-refractivity contribution in [3.8, 4) is 11.6 Å². The number of aromatic amines is 1. The third kappa shape index (κ3) is 2.66. The van der Waals surface area contributed by atoms with Gasteiger partial charge in [0.05, 0.1) is 12.8 Å². The van der Waals surface area contributed by atoms with Crippen LogP contribution in [0.25, 0.3) is 0 Å². The normalized spacial score (nSPS) is 10.4. The fourth-order valence-corrected chi connectivity index (χ4v) is 1.88. The smallest absolute Gasteiger partial charge is 0.347 e. The first-order valence-electron chi connectivity index (χ1n) is 5.48. The SMILES string of the molecule is COC(=O)c1c(O)[nH]c(Cc2ccc(Cl)cc2)c1O. The monoisotopic (exact) mass is 281 g/mol. The third-order valence-corrected chi connectivity index (χ3v) is 2.96. The van der Waals surface area contributed by atoms with Gasteiger partial charge >= 0.3 is 5.97 Å². The summed E-state index contributed by atoms with van der Waals surface area (Å²) in [6.45, 7) is 0. The van der Waals surface area contributed by atoms with Crippen LogP contribution in [0.15, 0.2) is 24.3 Å². The van der Waals surface area contributed by atoms with Crippen LogP contribution in [0.1, 0.15) is 21.6 Å². The number of halogens is 1. The van der Waals surface area contributed by atoms with Crippen molar-refractivity contribution < 1.29 is 19.7 Å². The van der Waals surface area contributed by atoms with Crippen LogP contribution >= 0.6 is 11.6 Å². The zero-order valence-corrected chi connectivity index (χ0v) is 10.9. The van der Waals surface area contributed by atoms with Gasteiger partial charge in [-0.2, -0.15) is 0 Å². The second-order valence-corrected chi connectivity index (χ2v) is 4.41. The second kappa shape index (κ2) is 5.24. The molecule has 0 atom stereocenters. The van der Waals surface area contributed by atoms with Gasteiger partial charge in [-0.15, -0.1) is 0 Å². The minimum Gasteiger partial charge on any atom is -0.505 e. The molecule has 0 spiro atoms. The standard InChI is InChI=1S/C13H12ClNO4/c1-19-13(18)10-11(16)9(15-12(10)17)6-7-2-4-8(14)5-3-7/h2-5,15-17H,6H2,1H3. The maximum absolute atomic E-state index is 11.4. The summed E-state index contributed by atoms with van der Waals surface area (Å²) in [7, 11) is 1.17. The van der Waals surface area contributed by atoms with Crippen molar-refractivity contribution in [1.82, 2.24) is 4.98 Å². The molecule has 0 fully saturated rings. The van der Waals surface area contributed by atoms with Gasteiger partial charge in [0.25, 0.3) is 0 Å². The molecular weight excluding hydrogens is 270 g/mol. The van der Waals surface area contributed by atoms with Crippen molar-refractivity contribution in [3.63, 3.8) is 0 Å². The molecule has 0 aliphatic carbocycles. The van der Waals surface area contributed by atoms with Crippen LogP contribution in [0.3, 0.4) is 0 Å². The van der Waals surface area contributed by atoms with Gasteiger partial charge in [0.2, 0.25) is 5.88 Å². The molecule has 0 saturated carbocycles. The lowest BCUT2D eigenvalue weighted by Gasteiger charge is -2.01. The molecule has 2 rings (SSSR count). The Morgan fingerprint density at radius 1 is 1.32 bits per heavy atom. The molecule has 0 bridgehead atoms. The fraction of sp³-hybridized carbons (Fsp3) is 0.154. The van der Waals surface area contributed by atoms with Crippen molar-refractivity contribution >= 4 is 17.6 Å². The Balaban J connectivity index is 2.31. The highest BCUT2D eigenvalue weighted by Gasteiger charge is 2.23. The summed E-state index contributed by atoms with van der Waals surface area (Å²) in [5.74, 6) is -1.51. The molecule has 100 valence electrons. The van der Waals surface area contributed by atoms with Crippen molar-refractivity contribution in [3.05, 3.63) is 46.1 Å². The Bertz CT molecular complexity index is 604. The molecule has 1 aromatic carbocycles. The van der Waals surface area contributed by atoms with Gasteiger partial charge in [0.1, 0.15) is 0 Å². The number of nitrogens with one attached hydrogen (secondary N) is 1. The maximum Gasteiger partial charge on any atom is 0.347 e. The van der Waals surface area contributed by atoms with Crippen LogP contribution in [-0.4, -0.2) is 28.3 Å². The molecular formula is C13H12ClNO4. The van der Waals surface area contributed by atoms with Crippen molar-refractivity contribution in [1.29, 1.82) is 0 Å². The first-order valence-corrected chi connectivity index (χ1v) is 5.86. The molecule has 0 unspecified atom stereocenters. The van der Waals surface area contributed by atoms with Gasteiger partial charge in [-0.05, 0) is 17.7 Å². The molecule has 5 nitrogen and oxygen atoms in total. The minimum atomic E-state index is -0.798. The molecule has 0 saturated heterocycles. The Kier molecular flexibility index (Phi) is 3.66. The average molecular weight is 282 g/mol. The molecule has 6 heteroatoms. The Morgan fingerprint density at radius 2 is 1.95 bits per heavy atom. The van der Waals surface area contributed by atoms with E-state index in [4.69, 9.17) is 11.6 Å². The molecule has 0 aliphatic rings. The van der Waals surface area contributed by atoms with E-state index in [1.54, 1.807) is 24.3 Å². The first kappa shape index (κ1) is 13.3. The van der Waals surface area contributed by atoms with E-state index in [0.717, 1.165) is 5.56 Å². The maximum atomic E-state index is 11.4. The van der Waals surface area contributed by atoms with Crippen LogP contribution in [0.5, 0.6) is 11.6 Å². The number of rotatable bonds is 3. The topological polar surface area (TPSA) is 82.5 Å². The minimum absolute atomic E-state index is 0.258. The van der Waals surface area contributed by atoms with Crippen molar-refractivity contribution in [2.45, 2.75) is 6.42 Å². The number of hydrogen-bond donors (Lipinski definition) is 3. The zero-order chi connectivity index (χ0) is 14.0. The number of benzene rings is 1. The first-order chi connectivity index (χ1) is 9.02. The van der Waals surface area contributed by atoms with E-state index in [1.807, 2.05) is 0 Å². The number of carbonyl (C=O) groups is 1. The number of aromatic nitrogens is 1. The Morgan fingerprint density at radius 3 is 2.53 bits per heavy atom. The van der Waals surface area contributed by atoms with Gasteiger partial charge in [-0.25, -0.2) is 4.79 Å². The molecule has 0 aliphatic heterocycles. The number of H-pyrrole nitrogens is 1. The number of esters is 1. The van der Waals surface area contributed by atoms with Crippen molar-refractivity contribution in [2.24, 2.45) is 0 Å². The molecule has 2 aromatic rings. The summed E-state index contributed by atoms with van der Waals surface area (Å²) < 4.78 is 4.48. The van der Waals surface area contributed by atoms with Crippen molar-refractivity contribution in [2.75, 3.05) is 7.11 Å². The summed E-state index contributed by atoms with van der Waals surface area (Å²) in [6, 6.07) is 7.02. The predicted molar refractivity (Wildman–Crippen MR) is 69.7 cm³/mol. The predicted octanol–water partition coefficient (Wildman–Crippen LogP) is 2.46. The summed E-state index contributed by atoms with van der Waals surface area (Å²) in [6.07, 6.45) is 0.327. The lowest BCUT2D eigenvalue weighted by atomic mass is 10.1. The third-order valence-electron chi connectivity index (χ3n) is 2.71. The summed E-state index contributed by atoms with van der Waals surface area (Å²) in [5, 5.41) is 20.1. The highest BCUT2D eigenvalue weighted by atomic mass is 35.5. The van der Waals surface area contributed by atoms with E-state index in [9.17, 15) is 15.0 Å². The van der Waals surface area contributed by atoms with Gasteiger partial charge in [-0.3, -0.25) is 0 Å². The number of aromatic hydroxyl groups is 2. The molecule has 0 radical (unpaired) electrons. The van der Waals surface area contributed by atoms with E-state index in [1.165, 1.54) is 7.11 Å². The molecule has 0 amide bonds. The average Bonchev–Trinajstić information content (AvgIpc) is 2.66. The molecule has 3 N–H and O–H groups in total. The van der Waals surface area contributed by atoms with E-state index in [2.05, 4.69) is 9.72 Å². The van der Waals surface area contributed by atoms with E-state index in [-0.39, 0.29) is 11.3 Å². The Hall–Kier alpha value is -2.14.